The van der Waals surface area contributed by atoms with E-state index in [0.717, 1.165) is 6.42 Å². The molecule has 2 rings (SSSR count). The van der Waals surface area contributed by atoms with Crippen LogP contribution >= 0.6 is 11.8 Å². The Morgan fingerprint density at radius 2 is 2.09 bits per heavy atom. The number of nitrogen functional groups attached to an aromatic ring is 1. The highest BCUT2D eigenvalue weighted by molar-refractivity contribution is 7.99. The van der Waals surface area contributed by atoms with Crippen molar-refractivity contribution in [1.82, 2.24) is 9.97 Å². The van der Waals surface area contributed by atoms with Gasteiger partial charge in [-0.15, -0.1) is 0 Å². The molecular formula is C14H15N3O4S. The second-order valence-electron chi connectivity index (χ2n) is 4.36. The minimum Gasteiger partial charge on any atom is -0.494 e. The van der Waals surface area contributed by atoms with Gasteiger partial charge in [0, 0.05) is 11.8 Å². The van der Waals surface area contributed by atoms with Crippen LogP contribution < -0.4 is 16.0 Å². The number of thioether (sulfide) groups is 1. The molecule has 0 aliphatic carbocycles. The molecule has 1 aromatic carbocycles. The van der Waals surface area contributed by atoms with Gasteiger partial charge in [-0.3, -0.25) is 4.79 Å². The number of benzene rings is 1. The van der Waals surface area contributed by atoms with Crippen molar-refractivity contribution in [3.8, 4) is 5.75 Å². The normalized spacial score (nSPS) is 10.4. The van der Waals surface area contributed by atoms with Gasteiger partial charge in [0.05, 0.1) is 12.2 Å². The molecule has 116 valence electrons. The third kappa shape index (κ3) is 4.81. The quantitative estimate of drug-likeness (QED) is 0.403. The zero-order chi connectivity index (χ0) is 15.9. The van der Waals surface area contributed by atoms with Gasteiger partial charge in [-0.05, 0) is 30.7 Å². The third-order valence-electron chi connectivity index (χ3n) is 2.64. The highest BCUT2D eigenvalue weighted by Gasteiger charge is 2.03. The van der Waals surface area contributed by atoms with E-state index < -0.39 is 5.97 Å². The molecule has 22 heavy (non-hydrogen) atoms. The van der Waals surface area contributed by atoms with Gasteiger partial charge < -0.3 is 20.6 Å². The Hall–Kier alpha value is -2.48. The van der Waals surface area contributed by atoms with Crippen LogP contribution in [0.3, 0.4) is 0 Å². The number of nitrogens with two attached hydrogens (primary N) is 1. The van der Waals surface area contributed by atoms with Crippen LogP contribution in [0.15, 0.2) is 40.3 Å². The summed E-state index contributed by atoms with van der Waals surface area (Å²) < 4.78 is 5.50. The predicted octanol–water partition coefficient (Wildman–Crippen LogP) is 1.61. The number of aromatic nitrogens is 2. The van der Waals surface area contributed by atoms with E-state index in [9.17, 15) is 9.59 Å². The lowest BCUT2D eigenvalue weighted by Gasteiger charge is -2.06. The van der Waals surface area contributed by atoms with Gasteiger partial charge in [-0.25, -0.2) is 9.78 Å². The van der Waals surface area contributed by atoms with Crippen molar-refractivity contribution < 1.29 is 14.6 Å². The number of nitrogens with one attached hydrogen (secondary N) is 1. The van der Waals surface area contributed by atoms with Crippen molar-refractivity contribution >= 4 is 23.5 Å². The number of aromatic amines is 1. The molecule has 0 aliphatic heterocycles. The van der Waals surface area contributed by atoms with Gasteiger partial charge in [0.15, 0.2) is 5.16 Å². The van der Waals surface area contributed by atoms with E-state index in [-0.39, 0.29) is 16.9 Å². The van der Waals surface area contributed by atoms with Crippen LogP contribution in [0.25, 0.3) is 0 Å². The SMILES string of the molecule is Nc1cc(=O)[nH]c(SCCCOc2ccc(C(=O)O)cc2)n1. The first-order valence-electron chi connectivity index (χ1n) is 6.50. The maximum Gasteiger partial charge on any atom is 0.335 e. The molecule has 0 bridgehead atoms. The number of aromatic carboxylic acids is 1. The fraction of sp³-hybridized carbons (Fsp3) is 0.214. The average molecular weight is 321 g/mol. The zero-order valence-corrected chi connectivity index (χ0v) is 12.4. The van der Waals surface area contributed by atoms with Crippen LogP contribution in [0.1, 0.15) is 16.8 Å². The lowest BCUT2D eigenvalue weighted by atomic mass is 10.2. The first-order chi connectivity index (χ1) is 10.5. The van der Waals surface area contributed by atoms with Gasteiger partial charge in [0.2, 0.25) is 0 Å². The summed E-state index contributed by atoms with van der Waals surface area (Å²) in [6.45, 7) is 0.478. The fourth-order valence-electron chi connectivity index (χ4n) is 1.63. The molecule has 7 nitrogen and oxygen atoms in total. The van der Waals surface area contributed by atoms with Crippen LogP contribution in [0.5, 0.6) is 5.75 Å². The van der Waals surface area contributed by atoms with E-state index in [0.29, 0.717) is 23.3 Å². The number of H-pyrrole nitrogens is 1. The lowest BCUT2D eigenvalue weighted by molar-refractivity contribution is 0.0697. The second-order valence-corrected chi connectivity index (χ2v) is 5.44. The molecule has 0 fully saturated rings. The Bertz CT molecular complexity index is 700. The largest absolute Gasteiger partial charge is 0.494 e. The minimum absolute atomic E-state index is 0.195. The summed E-state index contributed by atoms with van der Waals surface area (Å²) in [5, 5.41) is 9.27. The van der Waals surface area contributed by atoms with Gasteiger partial charge in [-0.1, -0.05) is 11.8 Å². The van der Waals surface area contributed by atoms with E-state index in [4.69, 9.17) is 15.6 Å². The molecular weight excluding hydrogens is 306 g/mol. The van der Waals surface area contributed by atoms with Crippen LogP contribution in [-0.4, -0.2) is 33.4 Å². The highest BCUT2D eigenvalue weighted by Crippen LogP contribution is 2.15. The van der Waals surface area contributed by atoms with Crippen molar-refractivity contribution in [2.24, 2.45) is 0 Å². The standard InChI is InChI=1S/C14H15N3O4S/c15-11-8-12(18)17-14(16-11)22-7-1-6-21-10-4-2-9(3-5-10)13(19)20/h2-5,8H,1,6-7H2,(H,19,20)(H3,15,16,17,18). The molecule has 0 aliphatic rings. The van der Waals surface area contributed by atoms with Crippen molar-refractivity contribution in [1.29, 1.82) is 0 Å². The first-order valence-corrected chi connectivity index (χ1v) is 7.49. The minimum atomic E-state index is -0.966. The first kappa shape index (κ1) is 15.9. The zero-order valence-electron chi connectivity index (χ0n) is 11.6. The second kappa shape index (κ2) is 7.51. The summed E-state index contributed by atoms with van der Waals surface area (Å²) in [4.78, 5) is 28.5. The van der Waals surface area contributed by atoms with Crippen molar-refractivity contribution in [2.75, 3.05) is 18.1 Å². The predicted molar refractivity (Wildman–Crippen MR) is 83.5 cm³/mol. The highest BCUT2D eigenvalue weighted by atomic mass is 32.2. The van der Waals surface area contributed by atoms with Crippen molar-refractivity contribution in [3.63, 3.8) is 0 Å². The molecule has 0 saturated carbocycles. The van der Waals surface area contributed by atoms with Crippen molar-refractivity contribution in [3.05, 3.63) is 46.2 Å². The Morgan fingerprint density at radius 1 is 1.36 bits per heavy atom. The van der Waals surface area contributed by atoms with Crippen LogP contribution in [0.4, 0.5) is 5.82 Å². The Balaban J connectivity index is 1.73. The number of nitrogens with zero attached hydrogens (tertiary/aromatic N) is 1. The molecule has 0 amide bonds. The molecule has 2 aromatic rings. The fourth-order valence-corrected chi connectivity index (χ4v) is 2.43. The number of hydrogen-bond acceptors (Lipinski definition) is 6. The molecule has 8 heteroatoms. The molecule has 1 aromatic heterocycles. The average Bonchev–Trinajstić information content (AvgIpc) is 2.46. The number of hydrogen-bond donors (Lipinski definition) is 3. The number of carboxylic acids is 1. The Kier molecular flexibility index (Phi) is 5.42. The van der Waals surface area contributed by atoms with E-state index in [2.05, 4.69) is 9.97 Å². The number of rotatable bonds is 7. The molecule has 0 atom stereocenters. The summed E-state index contributed by atoms with van der Waals surface area (Å²) in [7, 11) is 0. The van der Waals surface area contributed by atoms with Gasteiger partial charge in [0.1, 0.15) is 11.6 Å². The molecule has 4 N–H and O–H groups in total. The van der Waals surface area contributed by atoms with Crippen LogP contribution in [0, 0.1) is 0 Å². The molecule has 0 unspecified atom stereocenters. The van der Waals surface area contributed by atoms with Gasteiger partial charge in [-0.2, -0.15) is 0 Å². The number of carbonyl (C=O) groups is 1. The maximum atomic E-state index is 11.2. The summed E-state index contributed by atoms with van der Waals surface area (Å²) >= 11 is 1.39. The monoisotopic (exact) mass is 321 g/mol. The summed E-state index contributed by atoms with van der Waals surface area (Å²) in [5.74, 6) is 0.553. The van der Waals surface area contributed by atoms with Crippen LogP contribution in [0.2, 0.25) is 0 Å². The number of carboxylic acid groups (broad SMARTS) is 1. The Morgan fingerprint density at radius 3 is 2.73 bits per heavy atom. The van der Waals surface area contributed by atoms with Crippen LogP contribution in [-0.2, 0) is 0 Å². The maximum absolute atomic E-state index is 11.2. The van der Waals surface area contributed by atoms with E-state index in [1.165, 1.54) is 30.0 Å². The van der Waals surface area contributed by atoms with E-state index in [1.54, 1.807) is 12.1 Å². The summed E-state index contributed by atoms with van der Waals surface area (Å²) in [5.41, 5.74) is 5.44. The van der Waals surface area contributed by atoms with Gasteiger partial charge in [0.25, 0.3) is 5.56 Å². The van der Waals surface area contributed by atoms with Crippen molar-refractivity contribution in [2.45, 2.75) is 11.6 Å². The number of anilines is 1. The Labute approximate surface area is 130 Å². The molecule has 0 radical (unpaired) electrons. The molecule has 0 spiro atoms. The molecule has 1 heterocycles. The third-order valence-corrected chi connectivity index (χ3v) is 3.60. The van der Waals surface area contributed by atoms with Gasteiger partial charge >= 0.3 is 5.97 Å². The lowest BCUT2D eigenvalue weighted by Crippen LogP contribution is -2.09. The van der Waals surface area contributed by atoms with E-state index >= 15 is 0 Å². The van der Waals surface area contributed by atoms with E-state index in [1.807, 2.05) is 0 Å². The smallest absolute Gasteiger partial charge is 0.335 e. The summed E-state index contributed by atoms with van der Waals surface area (Å²) in [6.07, 6.45) is 0.740. The topological polar surface area (TPSA) is 118 Å². The number of ether oxygens (including phenoxy) is 1. The molecule has 0 saturated heterocycles. The summed E-state index contributed by atoms with van der Waals surface area (Å²) in [6, 6.07) is 7.46.